The molecule has 0 radical (unpaired) electrons. The van der Waals surface area contributed by atoms with Crippen LogP contribution < -0.4 is 4.74 Å². The molecule has 0 aromatic heterocycles. The topological polar surface area (TPSA) is 26.3 Å². The number of rotatable bonds is 7. The molecule has 0 amide bonds. The molecule has 0 aliphatic heterocycles. The Kier molecular flexibility index (Phi) is 8.56. The first-order valence-corrected chi connectivity index (χ1v) is 13.4. The second-order valence-corrected chi connectivity index (χ2v) is 10.5. The van der Waals surface area contributed by atoms with Gasteiger partial charge in [-0.05, 0) is 104 Å². The number of halogens is 3. The summed E-state index contributed by atoms with van der Waals surface area (Å²) in [7, 11) is 0. The van der Waals surface area contributed by atoms with Crippen LogP contribution in [0.1, 0.15) is 107 Å². The molecule has 0 N–H and O–H groups in total. The normalized spacial score (nSPS) is 24.8. The molecule has 2 aliphatic carbocycles. The van der Waals surface area contributed by atoms with Crippen LogP contribution in [0.2, 0.25) is 0 Å². The largest absolute Gasteiger partial charge is 0.423 e. The molecular weight excluding hydrogens is 449 g/mol. The molecule has 2 fully saturated rings. The van der Waals surface area contributed by atoms with Gasteiger partial charge in [0.1, 0.15) is 5.82 Å². The summed E-state index contributed by atoms with van der Waals surface area (Å²) < 4.78 is 49.6. The van der Waals surface area contributed by atoms with Crippen LogP contribution in [0.25, 0.3) is 0 Å². The fourth-order valence-electron chi connectivity index (χ4n) is 6.06. The van der Waals surface area contributed by atoms with Gasteiger partial charge < -0.3 is 4.74 Å². The Labute approximate surface area is 207 Å². The third kappa shape index (κ3) is 5.92. The minimum atomic E-state index is -1.07. The van der Waals surface area contributed by atoms with E-state index in [1.54, 1.807) is 12.1 Å². The molecule has 0 unspecified atom stereocenters. The molecular formula is C30H37F3O2. The average molecular weight is 487 g/mol. The molecule has 190 valence electrons. The second kappa shape index (κ2) is 11.6. The van der Waals surface area contributed by atoms with E-state index in [0.29, 0.717) is 42.7 Å². The third-order valence-electron chi connectivity index (χ3n) is 8.24. The van der Waals surface area contributed by atoms with Gasteiger partial charge >= 0.3 is 5.97 Å². The molecule has 0 atom stereocenters. The highest BCUT2D eigenvalue weighted by molar-refractivity contribution is 5.75. The van der Waals surface area contributed by atoms with Gasteiger partial charge in [-0.15, -0.1) is 0 Å². The fraction of sp³-hybridized carbons (Fsp3) is 0.567. The summed E-state index contributed by atoms with van der Waals surface area (Å²) in [6.45, 7) is 4.17. The van der Waals surface area contributed by atoms with E-state index in [4.69, 9.17) is 4.74 Å². The molecule has 0 bridgehead atoms. The molecule has 4 rings (SSSR count). The summed E-state index contributed by atoms with van der Waals surface area (Å²) in [5, 5.41) is 0. The molecule has 0 spiro atoms. The van der Waals surface area contributed by atoms with Crippen molar-refractivity contribution in [2.45, 2.75) is 96.3 Å². The third-order valence-corrected chi connectivity index (χ3v) is 8.24. The van der Waals surface area contributed by atoms with Crippen LogP contribution in [0.4, 0.5) is 13.2 Å². The summed E-state index contributed by atoms with van der Waals surface area (Å²) in [6, 6.07) is 8.39. The predicted octanol–water partition coefficient (Wildman–Crippen LogP) is 8.62. The number of carbonyl (C=O) groups excluding carboxylic acids is 1. The van der Waals surface area contributed by atoms with Crippen molar-refractivity contribution in [1.29, 1.82) is 0 Å². The Bertz CT molecular complexity index is 1020. The van der Waals surface area contributed by atoms with E-state index in [0.717, 1.165) is 44.1 Å². The van der Waals surface area contributed by atoms with Gasteiger partial charge in [-0.2, -0.15) is 4.39 Å². The Balaban J connectivity index is 1.34. The number of carbonyl (C=O) groups is 1. The van der Waals surface area contributed by atoms with E-state index in [2.05, 4.69) is 6.92 Å². The quantitative estimate of drug-likeness (QED) is 0.289. The standard InChI is InChI=1S/C30H37F3O2/c1-3-5-20-6-9-22(10-7-20)25-16-17-27(29(33)28(25)32)35-30(34)23-13-11-21(12-14-23)24-15-8-19(4-2)18-26(24)31/h8,15-18,20-23H,3-7,9-14H2,1-2H3. The predicted molar refractivity (Wildman–Crippen MR) is 132 cm³/mol. The van der Waals surface area contributed by atoms with Crippen molar-refractivity contribution in [3.63, 3.8) is 0 Å². The zero-order chi connectivity index (χ0) is 24.9. The SMILES string of the molecule is CCCC1CCC(c2ccc(OC(=O)C3CCC(c4ccc(CC)cc4F)CC3)c(F)c2F)CC1. The summed E-state index contributed by atoms with van der Waals surface area (Å²) in [5.74, 6) is -2.63. The maximum absolute atomic E-state index is 14.9. The first kappa shape index (κ1) is 25.8. The zero-order valence-corrected chi connectivity index (χ0v) is 20.9. The van der Waals surface area contributed by atoms with Crippen LogP contribution >= 0.6 is 0 Å². The van der Waals surface area contributed by atoms with Gasteiger partial charge in [0.2, 0.25) is 5.82 Å². The van der Waals surface area contributed by atoms with Crippen molar-refractivity contribution in [3.8, 4) is 5.75 Å². The van der Waals surface area contributed by atoms with Crippen molar-refractivity contribution in [2.75, 3.05) is 0 Å². The van der Waals surface area contributed by atoms with Crippen LogP contribution in [-0.4, -0.2) is 5.97 Å². The van der Waals surface area contributed by atoms with Crippen molar-refractivity contribution >= 4 is 5.97 Å². The van der Waals surface area contributed by atoms with Crippen LogP contribution in [0.15, 0.2) is 30.3 Å². The maximum atomic E-state index is 14.9. The van der Waals surface area contributed by atoms with Crippen LogP contribution in [0.3, 0.4) is 0 Å². The summed E-state index contributed by atoms with van der Waals surface area (Å²) in [4.78, 5) is 12.7. The minimum Gasteiger partial charge on any atom is -0.423 e. The van der Waals surface area contributed by atoms with Crippen molar-refractivity contribution in [1.82, 2.24) is 0 Å². The van der Waals surface area contributed by atoms with E-state index >= 15 is 0 Å². The van der Waals surface area contributed by atoms with Crippen molar-refractivity contribution in [2.24, 2.45) is 11.8 Å². The molecule has 2 nitrogen and oxygen atoms in total. The van der Waals surface area contributed by atoms with Crippen molar-refractivity contribution < 1.29 is 22.7 Å². The highest BCUT2D eigenvalue weighted by Gasteiger charge is 2.31. The smallest absolute Gasteiger partial charge is 0.314 e. The molecule has 2 aliphatic rings. The van der Waals surface area contributed by atoms with E-state index in [-0.39, 0.29) is 29.3 Å². The highest BCUT2D eigenvalue weighted by atomic mass is 19.2. The van der Waals surface area contributed by atoms with E-state index < -0.39 is 17.6 Å². The number of ether oxygens (including phenoxy) is 1. The van der Waals surface area contributed by atoms with Gasteiger partial charge in [0.25, 0.3) is 0 Å². The van der Waals surface area contributed by atoms with Gasteiger partial charge in [-0.3, -0.25) is 4.79 Å². The first-order chi connectivity index (χ1) is 16.9. The lowest BCUT2D eigenvalue weighted by molar-refractivity contribution is -0.140. The molecule has 35 heavy (non-hydrogen) atoms. The van der Waals surface area contributed by atoms with Crippen LogP contribution in [0, 0.1) is 29.3 Å². The van der Waals surface area contributed by atoms with E-state index in [1.807, 2.05) is 19.1 Å². The summed E-state index contributed by atoms with van der Waals surface area (Å²) in [5.41, 5.74) is 2.06. The van der Waals surface area contributed by atoms with Gasteiger partial charge in [0.05, 0.1) is 5.92 Å². The molecule has 2 saturated carbocycles. The van der Waals surface area contributed by atoms with Gasteiger partial charge in [0.15, 0.2) is 11.6 Å². The molecule has 2 aromatic carbocycles. The Morgan fingerprint density at radius 3 is 2.09 bits per heavy atom. The van der Waals surface area contributed by atoms with E-state index in [9.17, 15) is 18.0 Å². The lowest BCUT2D eigenvalue weighted by Gasteiger charge is -2.29. The Morgan fingerprint density at radius 1 is 0.829 bits per heavy atom. The molecule has 0 saturated heterocycles. The lowest BCUT2D eigenvalue weighted by Crippen LogP contribution is -2.26. The summed E-state index contributed by atoms with van der Waals surface area (Å²) in [6.07, 6.45) is 9.38. The number of aryl methyl sites for hydroxylation is 1. The number of esters is 1. The Hall–Kier alpha value is -2.30. The van der Waals surface area contributed by atoms with Gasteiger partial charge in [-0.25, -0.2) is 8.78 Å². The number of hydrogen-bond acceptors (Lipinski definition) is 2. The summed E-state index contributed by atoms with van der Waals surface area (Å²) >= 11 is 0. The minimum absolute atomic E-state index is 0.0180. The molecule has 0 heterocycles. The number of hydrogen-bond donors (Lipinski definition) is 0. The van der Waals surface area contributed by atoms with E-state index in [1.165, 1.54) is 12.5 Å². The maximum Gasteiger partial charge on any atom is 0.314 e. The van der Waals surface area contributed by atoms with Crippen molar-refractivity contribution in [3.05, 3.63) is 64.5 Å². The second-order valence-electron chi connectivity index (χ2n) is 10.5. The van der Waals surface area contributed by atoms with Crippen LogP contribution in [0.5, 0.6) is 5.75 Å². The number of benzene rings is 2. The monoisotopic (exact) mass is 486 g/mol. The van der Waals surface area contributed by atoms with Crippen LogP contribution in [-0.2, 0) is 11.2 Å². The Morgan fingerprint density at radius 2 is 1.46 bits per heavy atom. The zero-order valence-electron chi connectivity index (χ0n) is 20.9. The lowest BCUT2D eigenvalue weighted by atomic mass is 9.77. The first-order valence-electron chi connectivity index (χ1n) is 13.4. The molecule has 2 aromatic rings. The van der Waals surface area contributed by atoms with Gasteiger partial charge in [0, 0.05) is 0 Å². The van der Waals surface area contributed by atoms with Gasteiger partial charge in [-0.1, -0.05) is 44.9 Å². The fourth-order valence-corrected chi connectivity index (χ4v) is 6.06. The highest BCUT2D eigenvalue weighted by Crippen LogP contribution is 2.41. The molecule has 5 heteroatoms. The average Bonchev–Trinajstić information content (AvgIpc) is 2.88.